The van der Waals surface area contributed by atoms with E-state index < -0.39 is 38.6 Å². The Morgan fingerprint density at radius 3 is 2.57 bits per heavy atom. The van der Waals surface area contributed by atoms with Crippen LogP contribution in [0.15, 0.2) is 65.6 Å². The van der Waals surface area contributed by atoms with Crippen molar-refractivity contribution in [2.45, 2.75) is 36.9 Å². The number of aryl methyl sites for hydroxylation is 1. The molecule has 5 nitrogen and oxygen atoms in total. The van der Waals surface area contributed by atoms with E-state index in [0.717, 1.165) is 40.2 Å². The third kappa shape index (κ3) is 4.82. The van der Waals surface area contributed by atoms with Gasteiger partial charge in [-0.3, -0.25) is 4.31 Å². The van der Waals surface area contributed by atoms with Crippen LogP contribution in [0.4, 0.5) is 23.2 Å². The predicted molar refractivity (Wildman–Crippen MR) is 121 cm³/mol. The van der Waals surface area contributed by atoms with E-state index in [-0.39, 0.29) is 23.5 Å². The third-order valence-electron chi connectivity index (χ3n) is 5.81. The zero-order valence-electron chi connectivity index (χ0n) is 18.5. The molecule has 1 unspecified atom stereocenters. The Balaban J connectivity index is 1.69. The number of halogens is 4. The van der Waals surface area contributed by atoms with E-state index in [1.807, 2.05) is 6.07 Å². The summed E-state index contributed by atoms with van der Waals surface area (Å²) >= 11 is 0. The lowest BCUT2D eigenvalue weighted by Gasteiger charge is -2.25. The molecule has 1 aliphatic carbocycles. The number of anilines is 1. The van der Waals surface area contributed by atoms with Crippen molar-refractivity contribution in [2.75, 3.05) is 10.8 Å². The Hall–Kier alpha value is -3.58. The summed E-state index contributed by atoms with van der Waals surface area (Å²) in [5.74, 6) is -0.477. The molecule has 3 aromatic carbocycles. The van der Waals surface area contributed by atoms with E-state index in [1.54, 1.807) is 25.1 Å². The highest BCUT2D eigenvalue weighted by atomic mass is 32.2. The molecule has 0 N–H and O–H groups in total. The molecule has 0 fully saturated rings. The van der Waals surface area contributed by atoms with Gasteiger partial charge in [0.1, 0.15) is 23.7 Å². The van der Waals surface area contributed by atoms with Crippen molar-refractivity contribution >= 4 is 15.7 Å². The van der Waals surface area contributed by atoms with Crippen LogP contribution in [0.3, 0.4) is 0 Å². The first-order valence-corrected chi connectivity index (χ1v) is 12.2. The lowest BCUT2D eigenvalue weighted by atomic mass is 10.1. The molecule has 0 aromatic heterocycles. The lowest BCUT2D eigenvalue weighted by molar-refractivity contribution is -0.137. The van der Waals surface area contributed by atoms with Crippen LogP contribution in [0.2, 0.25) is 0 Å². The Morgan fingerprint density at radius 2 is 1.89 bits per heavy atom. The molecule has 0 amide bonds. The highest BCUT2D eigenvalue weighted by molar-refractivity contribution is 7.92. The van der Waals surface area contributed by atoms with Crippen LogP contribution < -0.4 is 9.04 Å². The largest absolute Gasteiger partial charge is 0.484 e. The van der Waals surface area contributed by atoms with Crippen molar-refractivity contribution in [3.05, 3.63) is 88.7 Å². The molecule has 35 heavy (non-hydrogen) atoms. The second-order valence-corrected chi connectivity index (χ2v) is 9.84. The van der Waals surface area contributed by atoms with Crippen LogP contribution in [-0.2, 0) is 22.6 Å². The quantitative estimate of drug-likeness (QED) is 0.386. The van der Waals surface area contributed by atoms with E-state index in [0.29, 0.717) is 24.5 Å². The maximum absolute atomic E-state index is 13.7. The molecule has 1 atom stereocenters. The van der Waals surface area contributed by atoms with Gasteiger partial charge in [-0.2, -0.15) is 18.4 Å². The fraction of sp³-hybridized carbons (Fsp3) is 0.240. The molecule has 0 heterocycles. The molecule has 0 saturated heterocycles. The number of nitriles is 1. The highest BCUT2D eigenvalue weighted by Crippen LogP contribution is 2.39. The normalized spacial score (nSPS) is 15.4. The minimum atomic E-state index is -4.68. The molecule has 0 aliphatic heterocycles. The van der Waals surface area contributed by atoms with Crippen LogP contribution in [0.25, 0.3) is 0 Å². The molecule has 1 aliphatic rings. The third-order valence-corrected chi connectivity index (χ3v) is 7.71. The Bertz CT molecular complexity index is 1410. The zero-order valence-corrected chi connectivity index (χ0v) is 19.3. The summed E-state index contributed by atoms with van der Waals surface area (Å²) in [5.41, 5.74) is 0.951. The number of hydrogen-bond acceptors (Lipinski definition) is 4. The second kappa shape index (κ2) is 9.23. The fourth-order valence-electron chi connectivity index (χ4n) is 4.12. The van der Waals surface area contributed by atoms with Gasteiger partial charge in [0.05, 0.1) is 21.7 Å². The van der Waals surface area contributed by atoms with Gasteiger partial charge in [0, 0.05) is 12.6 Å². The van der Waals surface area contributed by atoms with E-state index in [2.05, 4.69) is 0 Å². The summed E-state index contributed by atoms with van der Waals surface area (Å²) in [6.45, 7) is 1.56. The van der Waals surface area contributed by atoms with E-state index >= 15 is 0 Å². The van der Waals surface area contributed by atoms with Crippen molar-refractivity contribution < 1.29 is 30.7 Å². The monoisotopic (exact) mass is 504 g/mol. The maximum Gasteiger partial charge on any atom is 0.416 e. The topological polar surface area (TPSA) is 70.4 Å². The minimum Gasteiger partial charge on any atom is -0.484 e. The van der Waals surface area contributed by atoms with E-state index in [1.165, 1.54) is 6.07 Å². The summed E-state index contributed by atoms with van der Waals surface area (Å²) in [4.78, 5) is -0.471. The summed E-state index contributed by atoms with van der Waals surface area (Å²) in [7, 11) is -4.30. The second-order valence-electron chi connectivity index (χ2n) is 7.98. The molecule has 3 aromatic rings. The molecule has 0 radical (unpaired) electrons. The summed E-state index contributed by atoms with van der Waals surface area (Å²) < 4.78 is 86.7. The molecule has 0 saturated carbocycles. The summed E-state index contributed by atoms with van der Waals surface area (Å²) in [5, 5.41) is 9.30. The predicted octanol–water partition coefficient (Wildman–Crippen LogP) is 6.00. The van der Waals surface area contributed by atoms with Crippen molar-refractivity contribution in [1.82, 2.24) is 0 Å². The smallest absolute Gasteiger partial charge is 0.416 e. The van der Waals surface area contributed by atoms with Crippen LogP contribution in [0, 0.1) is 17.1 Å². The molecular weight excluding hydrogens is 484 g/mol. The average molecular weight is 505 g/mol. The molecule has 4 rings (SSSR count). The first kappa shape index (κ1) is 24.5. The van der Waals surface area contributed by atoms with E-state index in [9.17, 15) is 31.2 Å². The van der Waals surface area contributed by atoms with Crippen LogP contribution in [0.5, 0.6) is 5.75 Å². The standard InChI is InChI=1S/C25H20F4N2O3S/c1-2-31(35(32,33)21-5-3-4-18(12-21)25(27,28)29)20-10-7-16-8-11-23(22(16)14-20)34-24-13-19(26)9-6-17(24)15-30/h3-7,9-10,12-14,23H,2,8,11H2,1H3. The fourth-order valence-corrected chi connectivity index (χ4v) is 5.63. The van der Waals surface area contributed by atoms with Gasteiger partial charge in [0.2, 0.25) is 0 Å². The molecule has 0 bridgehead atoms. The van der Waals surface area contributed by atoms with Gasteiger partial charge in [-0.1, -0.05) is 12.1 Å². The number of benzene rings is 3. The van der Waals surface area contributed by atoms with Crippen molar-refractivity contribution in [2.24, 2.45) is 0 Å². The number of hydrogen-bond donors (Lipinski definition) is 0. The van der Waals surface area contributed by atoms with Crippen LogP contribution in [0.1, 0.15) is 41.7 Å². The van der Waals surface area contributed by atoms with Gasteiger partial charge in [-0.05, 0) is 73.4 Å². The van der Waals surface area contributed by atoms with Crippen LogP contribution >= 0.6 is 0 Å². The number of sulfonamides is 1. The number of ether oxygens (including phenoxy) is 1. The number of fused-ring (bicyclic) bond motifs is 1. The lowest BCUT2D eigenvalue weighted by Crippen LogP contribution is -2.31. The first-order valence-electron chi connectivity index (χ1n) is 10.7. The molecular formula is C25H20F4N2O3S. The zero-order chi connectivity index (χ0) is 25.4. The summed E-state index contributed by atoms with van der Waals surface area (Å²) in [6, 6.07) is 14.1. The number of rotatable bonds is 6. The number of alkyl halides is 3. The van der Waals surface area contributed by atoms with Gasteiger partial charge >= 0.3 is 6.18 Å². The van der Waals surface area contributed by atoms with Gasteiger partial charge in [0.15, 0.2) is 0 Å². The average Bonchev–Trinajstić information content (AvgIpc) is 3.21. The molecule has 0 spiro atoms. The molecule has 10 heteroatoms. The number of nitrogens with zero attached hydrogens (tertiary/aromatic N) is 2. The highest BCUT2D eigenvalue weighted by Gasteiger charge is 2.33. The van der Waals surface area contributed by atoms with Gasteiger partial charge in [0.25, 0.3) is 10.0 Å². The maximum atomic E-state index is 13.7. The van der Waals surface area contributed by atoms with Gasteiger partial charge in [-0.15, -0.1) is 0 Å². The first-order chi connectivity index (χ1) is 16.5. The van der Waals surface area contributed by atoms with Crippen molar-refractivity contribution in [3.8, 4) is 11.8 Å². The van der Waals surface area contributed by atoms with Gasteiger partial charge in [-0.25, -0.2) is 12.8 Å². The van der Waals surface area contributed by atoms with Crippen LogP contribution in [-0.4, -0.2) is 15.0 Å². The van der Waals surface area contributed by atoms with E-state index in [4.69, 9.17) is 4.74 Å². The van der Waals surface area contributed by atoms with Crippen molar-refractivity contribution in [1.29, 1.82) is 5.26 Å². The Labute approximate surface area is 200 Å². The Kier molecular flexibility index (Phi) is 6.47. The summed E-state index contributed by atoms with van der Waals surface area (Å²) in [6.07, 6.45) is -4.06. The minimum absolute atomic E-state index is 0.0225. The Morgan fingerprint density at radius 1 is 1.11 bits per heavy atom. The van der Waals surface area contributed by atoms with Gasteiger partial charge < -0.3 is 4.74 Å². The SMILES string of the molecule is CCN(c1ccc2c(c1)C(Oc1cc(F)ccc1C#N)CC2)S(=O)(=O)c1cccc(C(F)(F)F)c1. The van der Waals surface area contributed by atoms with Crippen molar-refractivity contribution in [3.63, 3.8) is 0 Å². The molecule has 182 valence electrons.